The first-order valence-corrected chi connectivity index (χ1v) is 5.53. The van der Waals surface area contributed by atoms with Gasteiger partial charge in [-0.05, 0) is 29.8 Å². The minimum absolute atomic E-state index is 0.0202. The molecule has 18 heavy (non-hydrogen) atoms. The van der Waals surface area contributed by atoms with Crippen molar-refractivity contribution in [2.45, 2.75) is 6.42 Å². The lowest BCUT2D eigenvalue weighted by molar-refractivity contribution is -0.136. The van der Waals surface area contributed by atoms with Crippen molar-refractivity contribution < 1.29 is 14.7 Å². The quantitative estimate of drug-likeness (QED) is 0.793. The van der Waals surface area contributed by atoms with Crippen molar-refractivity contribution in [2.24, 2.45) is 0 Å². The van der Waals surface area contributed by atoms with Crippen molar-refractivity contribution in [1.29, 1.82) is 0 Å². The summed E-state index contributed by atoms with van der Waals surface area (Å²) in [6.45, 7) is 0. The standard InChI is InChI=1S/C14H13NO3/c16-14(17)10-11-6-8-13(9-7-11)18-15-12-4-2-1-3-5-12/h1-9,15H,10H2,(H,16,17). The summed E-state index contributed by atoms with van der Waals surface area (Å²) >= 11 is 0. The van der Waals surface area contributed by atoms with Crippen molar-refractivity contribution in [3.05, 3.63) is 60.2 Å². The highest BCUT2D eigenvalue weighted by Gasteiger charge is 2.00. The second-order valence-corrected chi connectivity index (χ2v) is 3.78. The summed E-state index contributed by atoms with van der Waals surface area (Å²) in [6.07, 6.45) is 0.0202. The molecule has 0 radical (unpaired) electrons. The van der Waals surface area contributed by atoms with E-state index in [1.165, 1.54) is 0 Å². The number of rotatable bonds is 5. The first-order valence-electron chi connectivity index (χ1n) is 5.53. The normalized spacial score (nSPS) is 9.78. The molecule has 0 heterocycles. The molecule has 2 N–H and O–H groups in total. The van der Waals surface area contributed by atoms with E-state index in [1.807, 2.05) is 30.3 Å². The zero-order chi connectivity index (χ0) is 12.8. The Morgan fingerprint density at radius 2 is 1.72 bits per heavy atom. The molecular weight excluding hydrogens is 230 g/mol. The van der Waals surface area contributed by atoms with Gasteiger partial charge in [0.2, 0.25) is 0 Å². The molecule has 2 rings (SSSR count). The molecule has 0 aliphatic rings. The van der Waals surface area contributed by atoms with Crippen LogP contribution >= 0.6 is 0 Å². The molecule has 2 aromatic carbocycles. The highest BCUT2D eigenvalue weighted by Crippen LogP contribution is 2.14. The molecule has 0 aliphatic heterocycles. The van der Waals surface area contributed by atoms with Crippen LogP contribution in [-0.4, -0.2) is 11.1 Å². The SMILES string of the molecule is O=C(O)Cc1ccc(ONc2ccccc2)cc1. The van der Waals surface area contributed by atoms with Gasteiger partial charge in [0.15, 0.2) is 5.75 Å². The maximum Gasteiger partial charge on any atom is 0.307 e. The van der Waals surface area contributed by atoms with E-state index in [0.717, 1.165) is 11.3 Å². The molecule has 4 heteroatoms. The van der Waals surface area contributed by atoms with Crippen LogP contribution in [0, 0.1) is 0 Å². The molecule has 0 bridgehead atoms. The summed E-state index contributed by atoms with van der Waals surface area (Å²) in [5.74, 6) is -0.209. The van der Waals surface area contributed by atoms with Crippen LogP contribution in [0.25, 0.3) is 0 Å². The van der Waals surface area contributed by atoms with Crippen molar-refractivity contribution in [2.75, 3.05) is 5.48 Å². The summed E-state index contributed by atoms with van der Waals surface area (Å²) in [5.41, 5.74) is 4.40. The molecular formula is C14H13NO3. The van der Waals surface area contributed by atoms with Crippen molar-refractivity contribution in [1.82, 2.24) is 0 Å². The van der Waals surface area contributed by atoms with Crippen LogP contribution in [0.4, 0.5) is 5.69 Å². The summed E-state index contributed by atoms with van der Waals surface area (Å²) in [7, 11) is 0. The molecule has 0 atom stereocenters. The zero-order valence-corrected chi connectivity index (χ0v) is 9.67. The number of nitrogens with one attached hydrogen (secondary N) is 1. The largest absolute Gasteiger partial charge is 0.481 e. The predicted molar refractivity (Wildman–Crippen MR) is 68.5 cm³/mol. The minimum Gasteiger partial charge on any atom is -0.481 e. The number of para-hydroxylation sites is 1. The fraction of sp³-hybridized carbons (Fsp3) is 0.0714. The van der Waals surface area contributed by atoms with Crippen LogP contribution in [0.1, 0.15) is 5.56 Å². The second kappa shape index (κ2) is 5.72. The van der Waals surface area contributed by atoms with Gasteiger partial charge in [0, 0.05) is 0 Å². The van der Waals surface area contributed by atoms with Gasteiger partial charge < -0.3 is 9.94 Å². The van der Waals surface area contributed by atoms with E-state index in [9.17, 15) is 4.79 Å². The molecule has 0 saturated carbocycles. The average molecular weight is 243 g/mol. The average Bonchev–Trinajstić information content (AvgIpc) is 2.38. The summed E-state index contributed by atoms with van der Waals surface area (Å²) in [6, 6.07) is 16.4. The Hall–Kier alpha value is -2.49. The highest BCUT2D eigenvalue weighted by molar-refractivity contribution is 5.70. The Kier molecular flexibility index (Phi) is 3.81. The monoisotopic (exact) mass is 243 g/mol. The molecule has 4 nitrogen and oxygen atoms in total. The molecule has 0 amide bonds. The summed E-state index contributed by atoms with van der Waals surface area (Å²) in [4.78, 5) is 15.9. The third-order valence-electron chi connectivity index (χ3n) is 2.34. The van der Waals surface area contributed by atoms with Gasteiger partial charge in [-0.1, -0.05) is 30.3 Å². The zero-order valence-electron chi connectivity index (χ0n) is 9.67. The molecule has 0 aliphatic carbocycles. The lowest BCUT2D eigenvalue weighted by Crippen LogP contribution is -2.04. The van der Waals surface area contributed by atoms with E-state index in [-0.39, 0.29) is 6.42 Å². The van der Waals surface area contributed by atoms with Crippen LogP contribution < -0.4 is 10.3 Å². The number of hydrogen-bond donors (Lipinski definition) is 2. The van der Waals surface area contributed by atoms with Crippen molar-refractivity contribution >= 4 is 11.7 Å². The summed E-state index contributed by atoms with van der Waals surface area (Å²) < 4.78 is 0. The topological polar surface area (TPSA) is 58.6 Å². The van der Waals surface area contributed by atoms with Gasteiger partial charge >= 0.3 is 5.97 Å². The van der Waals surface area contributed by atoms with Gasteiger partial charge in [0.05, 0.1) is 12.1 Å². The van der Waals surface area contributed by atoms with Crippen LogP contribution in [0.3, 0.4) is 0 Å². The van der Waals surface area contributed by atoms with E-state index >= 15 is 0 Å². The molecule has 0 spiro atoms. The van der Waals surface area contributed by atoms with Gasteiger partial charge in [-0.3, -0.25) is 4.79 Å². The Morgan fingerprint density at radius 3 is 2.33 bits per heavy atom. The first-order chi connectivity index (χ1) is 8.74. The predicted octanol–water partition coefficient (Wildman–Crippen LogP) is 2.72. The molecule has 0 aromatic heterocycles. The Bertz CT molecular complexity index is 508. The number of carboxylic acids is 1. The first kappa shape index (κ1) is 12.0. The van der Waals surface area contributed by atoms with Gasteiger partial charge in [0.1, 0.15) is 0 Å². The van der Waals surface area contributed by atoms with Crippen LogP contribution in [0.15, 0.2) is 54.6 Å². The molecule has 0 fully saturated rings. The van der Waals surface area contributed by atoms with Crippen molar-refractivity contribution in [3.63, 3.8) is 0 Å². The van der Waals surface area contributed by atoms with Gasteiger partial charge in [0.25, 0.3) is 0 Å². The van der Waals surface area contributed by atoms with Gasteiger partial charge in [-0.25, -0.2) is 5.48 Å². The third-order valence-corrected chi connectivity index (χ3v) is 2.34. The molecule has 92 valence electrons. The lowest BCUT2D eigenvalue weighted by Gasteiger charge is -2.08. The van der Waals surface area contributed by atoms with Crippen LogP contribution in [0.5, 0.6) is 5.75 Å². The fourth-order valence-electron chi connectivity index (χ4n) is 1.47. The molecule has 0 saturated heterocycles. The highest BCUT2D eigenvalue weighted by atomic mass is 16.6. The lowest BCUT2D eigenvalue weighted by atomic mass is 10.1. The molecule has 0 unspecified atom stereocenters. The minimum atomic E-state index is -0.842. The van der Waals surface area contributed by atoms with Crippen LogP contribution in [-0.2, 0) is 11.2 Å². The number of benzene rings is 2. The Labute approximate surface area is 105 Å². The maximum atomic E-state index is 10.5. The molecule has 2 aromatic rings. The third kappa shape index (κ3) is 3.52. The van der Waals surface area contributed by atoms with Crippen molar-refractivity contribution in [3.8, 4) is 5.75 Å². The van der Waals surface area contributed by atoms with Gasteiger partial charge in [-0.15, -0.1) is 0 Å². The Balaban J connectivity index is 1.92. The smallest absolute Gasteiger partial charge is 0.307 e. The van der Waals surface area contributed by atoms with E-state index in [1.54, 1.807) is 24.3 Å². The Morgan fingerprint density at radius 1 is 1.06 bits per heavy atom. The summed E-state index contributed by atoms with van der Waals surface area (Å²) in [5, 5.41) is 8.64. The van der Waals surface area contributed by atoms with Crippen LogP contribution in [0.2, 0.25) is 0 Å². The second-order valence-electron chi connectivity index (χ2n) is 3.78. The van der Waals surface area contributed by atoms with E-state index < -0.39 is 5.97 Å². The van der Waals surface area contributed by atoms with E-state index in [0.29, 0.717) is 5.75 Å². The fourth-order valence-corrected chi connectivity index (χ4v) is 1.47. The number of hydrogen-bond acceptors (Lipinski definition) is 3. The number of carboxylic acid groups (broad SMARTS) is 1. The van der Waals surface area contributed by atoms with E-state index in [2.05, 4.69) is 5.48 Å². The van der Waals surface area contributed by atoms with E-state index in [4.69, 9.17) is 9.94 Å². The maximum absolute atomic E-state index is 10.5. The number of carbonyl (C=O) groups is 1. The van der Waals surface area contributed by atoms with Gasteiger partial charge in [-0.2, -0.15) is 0 Å². The number of anilines is 1. The number of aliphatic carboxylic acids is 1.